The molecule has 25 heavy (non-hydrogen) atoms. The second-order valence-electron chi connectivity index (χ2n) is 6.09. The molecule has 0 saturated heterocycles. The maximum absolute atomic E-state index is 13.0. The summed E-state index contributed by atoms with van der Waals surface area (Å²) in [5.41, 5.74) is 7.71. The Balaban J connectivity index is 2.14. The van der Waals surface area contributed by atoms with Crippen molar-refractivity contribution in [3.05, 3.63) is 71.3 Å². The van der Waals surface area contributed by atoms with E-state index >= 15 is 0 Å². The van der Waals surface area contributed by atoms with Gasteiger partial charge in [-0.3, -0.25) is 4.79 Å². The van der Waals surface area contributed by atoms with Crippen LogP contribution in [0.1, 0.15) is 41.8 Å². The molecule has 0 aliphatic heterocycles. The van der Waals surface area contributed by atoms with E-state index in [-0.39, 0.29) is 11.9 Å². The van der Waals surface area contributed by atoms with E-state index < -0.39 is 6.03 Å². The Hall–Kier alpha value is -2.82. The molecule has 1 atom stereocenters. The van der Waals surface area contributed by atoms with Gasteiger partial charge >= 0.3 is 6.03 Å². The summed E-state index contributed by atoms with van der Waals surface area (Å²) in [6.07, 6.45) is 0.888. The smallest absolute Gasteiger partial charge is 0.312 e. The van der Waals surface area contributed by atoms with Gasteiger partial charge in [0.15, 0.2) is 0 Å². The summed E-state index contributed by atoms with van der Waals surface area (Å²) in [7, 11) is 0. The summed E-state index contributed by atoms with van der Waals surface area (Å²) in [6, 6.07) is 16.8. The summed E-state index contributed by atoms with van der Waals surface area (Å²) in [6.45, 7) is 5.07. The molecule has 0 fully saturated rings. The summed E-state index contributed by atoms with van der Waals surface area (Å²) in [5, 5.41) is 2.54. The Morgan fingerprint density at radius 3 is 2.24 bits per heavy atom. The lowest BCUT2D eigenvalue weighted by Gasteiger charge is -2.29. The number of carbonyl (C=O) groups excluding carboxylic acids is 2. The quantitative estimate of drug-likeness (QED) is 0.812. The molecule has 5 heteroatoms. The molecule has 3 N–H and O–H groups in total. The minimum absolute atomic E-state index is 0.00705. The van der Waals surface area contributed by atoms with Crippen LogP contribution in [-0.4, -0.2) is 22.9 Å². The number of benzene rings is 2. The van der Waals surface area contributed by atoms with Crippen LogP contribution in [-0.2, 0) is 13.1 Å². The number of urea groups is 1. The SMILES string of the molecule is CCC(C)N(Cc1ccccc1)C(=O)c1ccc(CNC(N)=O)cc1. The fraction of sp³-hybridized carbons (Fsp3) is 0.300. The zero-order valence-corrected chi connectivity index (χ0v) is 14.7. The highest BCUT2D eigenvalue weighted by Crippen LogP contribution is 2.16. The Kier molecular flexibility index (Phi) is 6.57. The van der Waals surface area contributed by atoms with Crippen molar-refractivity contribution in [3.63, 3.8) is 0 Å². The molecule has 5 nitrogen and oxygen atoms in total. The molecule has 2 rings (SSSR count). The van der Waals surface area contributed by atoms with Gasteiger partial charge in [0.05, 0.1) is 0 Å². The second-order valence-corrected chi connectivity index (χ2v) is 6.09. The summed E-state index contributed by atoms with van der Waals surface area (Å²) < 4.78 is 0. The van der Waals surface area contributed by atoms with Gasteiger partial charge in [0.25, 0.3) is 5.91 Å². The summed E-state index contributed by atoms with van der Waals surface area (Å²) in [5.74, 6) is 0.00705. The van der Waals surface area contributed by atoms with E-state index in [0.29, 0.717) is 18.7 Å². The lowest BCUT2D eigenvalue weighted by atomic mass is 10.1. The highest BCUT2D eigenvalue weighted by atomic mass is 16.2. The molecule has 0 spiro atoms. The van der Waals surface area contributed by atoms with Crippen LogP contribution in [0.4, 0.5) is 4.79 Å². The molecule has 132 valence electrons. The number of carbonyl (C=O) groups is 2. The molecule has 0 aromatic heterocycles. The van der Waals surface area contributed by atoms with Crippen molar-refractivity contribution < 1.29 is 9.59 Å². The standard InChI is InChI=1S/C20H25N3O2/c1-3-15(2)23(14-17-7-5-4-6-8-17)19(24)18-11-9-16(10-12-18)13-22-20(21)25/h4-12,15H,3,13-14H2,1-2H3,(H3,21,22,25). The second kappa shape index (κ2) is 8.87. The lowest BCUT2D eigenvalue weighted by Crippen LogP contribution is -2.37. The summed E-state index contributed by atoms with van der Waals surface area (Å²) in [4.78, 5) is 25.6. The molecule has 0 saturated carbocycles. The number of rotatable bonds is 7. The van der Waals surface area contributed by atoms with Gasteiger partial charge in [0, 0.05) is 24.7 Å². The zero-order valence-electron chi connectivity index (χ0n) is 14.7. The highest BCUT2D eigenvalue weighted by Gasteiger charge is 2.20. The van der Waals surface area contributed by atoms with Crippen molar-refractivity contribution in [1.29, 1.82) is 0 Å². The first kappa shape index (κ1) is 18.5. The minimum Gasteiger partial charge on any atom is -0.352 e. The van der Waals surface area contributed by atoms with E-state index in [1.165, 1.54) is 0 Å². The van der Waals surface area contributed by atoms with E-state index in [1.807, 2.05) is 47.4 Å². The first-order valence-corrected chi connectivity index (χ1v) is 8.48. The van der Waals surface area contributed by atoms with Gasteiger partial charge in [0.2, 0.25) is 0 Å². The number of nitrogens with two attached hydrogens (primary N) is 1. The van der Waals surface area contributed by atoms with E-state index in [2.05, 4.69) is 19.2 Å². The van der Waals surface area contributed by atoms with E-state index in [9.17, 15) is 9.59 Å². The molecule has 3 amide bonds. The van der Waals surface area contributed by atoms with Crippen molar-refractivity contribution in [2.24, 2.45) is 5.73 Å². The third-order valence-corrected chi connectivity index (χ3v) is 4.25. The molecule has 2 aromatic carbocycles. The predicted molar refractivity (Wildman–Crippen MR) is 98.9 cm³/mol. The van der Waals surface area contributed by atoms with Gasteiger partial charge in [-0.2, -0.15) is 0 Å². The normalized spacial score (nSPS) is 11.6. The van der Waals surface area contributed by atoms with Crippen LogP contribution in [0.2, 0.25) is 0 Å². The van der Waals surface area contributed by atoms with Crippen LogP contribution in [0.5, 0.6) is 0 Å². The number of amides is 3. The average molecular weight is 339 g/mol. The van der Waals surface area contributed by atoms with Crippen molar-refractivity contribution >= 4 is 11.9 Å². The zero-order chi connectivity index (χ0) is 18.2. The number of primary amides is 1. The molecular weight excluding hydrogens is 314 g/mol. The van der Waals surface area contributed by atoms with Crippen LogP contribution in [0, 0.1) is 0 Å². The van der Waals surface area contributed by atoms with Crippen LogP contribution >= 0.6 is 0 Å². The van der Waals surface area contributed by atoms with Gasteiger partial charge in [0.1, 0.15) is 0 Å². The number of hydrogen-bond donors (Lipinski definition) is 2. The Bertz CT molecular complexity index is 699. The highest BCUT2D eigenvalue weighted by molar-refractivity contribution is 5.94. The van der Waals surface area contributed by atoms with Gasteiger partial charge in [-0.25, -0.2) is 4.79 Å². The van der Waals surface area contributed by atoms with Crippen LogP contribution in [0.3, 0.4) is 0 Å². The van der Waals surface area contributed by atoms with Crippen LogP contribution in [0.15, 0.2) is 54.6 Å². The third-order valence-electron chi connectivity index (χ3n) is 4.25. The molecule has 0 radical (unpaired) electrons. The predicted octanol–water partition coefficient (Wildman–Crippen LogP) is 3.30. The first-order valence-electron chi connectivity index (χ1n) is 8.48. The van der Waals surface area contributed by atoms with Gasteiger partial charge in [-0.05, 0) is 36.6 Å². The number of nitrogens with one attached hydrogen (secondary N) is 1. The maximum atomic E-state index is 13.0. The molecule has 0 aliphatic carbocycles. The molecular formula is C20H25N3O2. The fourth-order valence-corrected chi connectivity index (χ4v) is 2.55. The minimum atomic E-state index is -0.564. The Morgan fingerprint density at radius 1 is 1.04 bits per heavy atom. The van der Waals surface area contributed by atoms with Crippen LogP contribution < -0.4 is 11.1 Å². The van der Waals surface area contributed by atoms with E-state index in [4.69, 9.17) is 5.73 Å². The van der Waals surface area contributed by atoms with E-state index in [1.54, 1.807) is 12.1 Å². The average Bonchev–Trinajstić information content (AvgIpc) is 2.64. The third kappa shape index (κ3) is 5.35. The van der Waals surface area contributed by atoms with E-state index in [0.717, 1.165) is 17.5 Å². The molecule has 0 heterocycles. The Morgan fingerprint density at radius 2 is 1.68 bits per heavy atom. The molecule has 0 aliphatic rings. The number of nitrogens with zero attached hydrogens (tertiary/aromatic N) is 1. The topological polar surface area (TPSA) is 75.4 Å². The first-order chi connectivity index (χ1) is 12.0. The summed E-state index contributed by atoms with van der Waals surface area (Å²) >= 11 is 0. The number of hydrogen-bond acceptors (Lipinski definition) is 2. The van der Waals surface area contributed by atoms with Gasteiger partial charge in [-0.15, -0.1) is 0 Å². The van der Waals surface area contributed by atoms with Crippen molar-refractivity contribution in [1.82, 2.24) is 10.2 Å². The molecule has 1 unspecified atom stereocenters. The maximum Gasteiger partial charge on any atom is 0.312 e. The monoisotopic (exact) mass is 339 g/mol. The van der Waals surface area contributed by atoms with Gasteiger partial charge in [-0.1, -0.05) is 49.4 Å². The fourth-order valence-electron chi connectivity index (χ4n) is 2.55. The van der Waals surface area contributed by atoms with Crippen molar-refractivity contribution in [2.45, 2.75) is 39.4 Å². The van der Waals surface area contributed by atoms with Crippen LogP contribution in [0.25, 0.3) is 0 Å². The largest absolute Gasteiger partial charge is 0.352 e. The molecule has 2 aromatic rings. The van der Waals surface area contributed by atoms with Crippen molar-refractivity contribution in [3.8, 4) is 0 Å². The van der Waals surface area contributed by atoms with Gasteiger partial charge < -0.3 is 16.0 Å². The Labute approximate surface area is 148 Å². The lowest BCUT2D eigenvalue weighted by molar-refractivity contribution is 0.0671. The van der Waals surface area contributed by atoms with Crippen molar-refractivity contribution in [2.75, 3.05) is 0 Å². The molecule has 0 bridgehead atoms.